The van der Waals surface area contributed by atoms with Gasteiger partial charge in [0.25, 0.3) is 0 Å². The van der Waals surface area contributed by atoms with Crippen molar-refractivity contribution in [1.82, 2.24) is 4.98 Å². The van der Waals surface area contributed by atoms with Crippen molar-refractivity contribution in [2.24, 2.45) is 5.41 Å². The average Bonchev–Trinajstić information content (AvgIpc) is 2.55. The fourth-order valence-electron chi connectivity index (χ4n) is 3.32. The van der Waals surface area contributed by atoms with E-state index in [2.05, 4.69) is 10.3 Å². The summed E-state index contributed by atoms with van der Waals surface area (Å²) in [6.07, 6.45) is 7.68. The lowest BCUT2D eigenvalue weighted by molar-refractivity contribution is 0.0944. The lowest BCUT2D eigenvalue weighted by atomic mass is 9.74. The molecule has 0 spiro atoms. The molecule has 1 aromatic heterocycles. The minimum Gasteiger partial charge on any atom is -0.397 e. The second kappa shape index (κ2) is 5.90. The van der Waals surface area contributed by atoms with Crippen molar-refractivity contribution in [1.29, 1.82) is 0 Å². The smallest absolute Gasteiger partial charge is 0.0951 e. The van der Waals surface area contributed by atoms with E-state index < -0.39 is 0 Å². The number of fused-ring (bicyclic) bond motifs is 1. The van der Waals surface area contributed by atoms with Crippen LogP contribution in [-0.2, 0) is 0 Å². The van der Waals surface area contributed by atoms with E-state index >= 15 is 0 Å². The Bertz CT molecular complexity index is 620. The maximum absolute atomic E-state index is 9.80. The van der Waals surface area contributed by atoms with Gasteiger partial charge < -0.3 is 16.2 Å². The summed E-state index contributed by atoms with van der Waals surface area (Å²) in [5, 5.41) is 14.4. The van der Waals surface area contributed by atoms with Crippen LogP contribution in [-0.4, -0.2) is 23.2 Å². The van der Waals surface area contributed by atoms with Crippen LogP contribution in [0.15, 0.2) is 30.5 Å². The van der Waals surface area contributed by atoms with Crippen LogP contribution in [0, 0.1) is 5.41 Å². The molecular weight excluding hydrogens is 262 g/mol. The van der Waals surface area contributed by atoms with Crippen molar-refractivity contribution in [2.45, 2.75) is 32.1 Å². The molecule has 1 saturated carbocycles. The zero-order valence-electron chi connectivity index (χ0n) is 12.3. The predicted molar refractivity (Wildman–Crippen MR) is 87.2 cm³/mol. The van der Waals surface area contributed by atoms with E-state index in [0.717, 1.165) is 36.0 Å². The number of nitrogens with two attached hydrogens (primary N) is 1. The van der Waals surface area contributed by atoms with Gasteiger partial charge >= 0.3 is 0 Å². The number of hydrogen-bond acceptors (Lipinski definition) is 4. The second-order valence-electron chi connectivity index (χ2n) is 6.17. The van der Waals surface area contributed by atoms with E-state index in [9.17, 15) is 5.11 Å². The molecule has 0 atom stereocenters. The number of aromatic nitrogens is 1. The molecule has 1 heterocycles. The van der Waals surface area contributed by atoms with Crippen LogP contribution in [0.1, 0.15) is 32.1 Å². The summed E-state index contributed by atoms with van der Waals surface area (Å²) in [6, 6.07) is 7.86. The topological polar surface area (TPSA) is 71.2 Å². The molecule has 0 aliphatic heterocycles. The molecule has 1 fully saturated rings. The zero-order chi connectivity index (χ0) is 14.7. The third-order valence-electron chi connectivity index (χ3n) is 4.70. The molecule has 4 nitrogen and oxygen atoms in total. The Hall–Kier alpha value is -1.81. The number of aliphatic hydroxyl groups is 1. The molecule has 2 aromatic rings. The molecule has 21 heavy (non-hydrogen) atoms. The van der Waals surface area contributed by atoms with Crippen LogP contribution in [0.4, 0.5) is 11.4 Å². The minimum atomic E-state index is 0.0220. The second-order valence-corrected chi connectivity index (χ2v) is 6.17. The number of nitrogen functional groups attached to an aromatic ring is 1. The van der Waals surface area contributed by atoms with Crippen molar-refractivity contribution in [3.05, 3.63) is 30.5 Å². The van der Waals surface area contributed by atoms with Crippen molar-refractivity contribution in [3.63, 3.8) is 0 Å². The first-order valence-electron chi connectivity index (χ1n) is 7.72. The van der Waals surface area contributed by atoms with Gasteiger partial charge in [0.1, 0.15) is 0 Å². The van der Waals surface area contributed by atoms with Crippen molar-refractivity contribution in [3.8, 4) is 0 Å². The summed E-state index contributed by atoms with van der Waals surface area (Å²) in [5.74, 6) is 0. The van der Waals surface area contributed by atoms with Gasteiger partial charge in [-0.05, 0) is 37.1 Å². The number of anilines is 2. The Kier molecular flexibility index (Phi) is 3.97. The van der Waals surface area contributed by atoms with Gasteiger partial charge in [0.15, 0.2) is 0 Å². The Morgan fingerprint density at radius 1 is 1.19 bits per heavy atom. The number of benzene rings is 1. The minimum absolute atomic E-state index is 0.0220. The van der Waals surface area contributed by atoms with Crippen molar-refractivity contribution in [2.75, 3.05) is 24.2 Å². The van der Waals surface area contributed by atoms with Crippen molar-refractivity contribution >= 4 is 22.3 Å². The SMILES string of the molecule is Nc1ccc(NCC2(CO)CCCCC2)c2cccnc12. The summed E-state index contributed by atoms with van der Waals surface area (Å²) in [4.78, 5) is 4.36. The fourth-order valence-corrected chi connectivity index (χ4v) is 3.32. The monoisotopic (exact) mass is 285 g/mol. The third-order valence-corrected chi connectivity index (χ3v) is 4.70. The normalized spacial score (nSPS) is 17.8. The third kappa shape index (κ3) is 2.81. The van der Waals surface area contributed by atoms with Crippen molar-refractivity contribution < 1.29 is 5.11 Å². The summed E-state index contributed by atoms with van der Waals surface area (Å²) in [6.45, 7) is 1.06. The van der Waals surface area contributed by atoms with Gasteiger partial charge in [0.2, 0.25) is 0 Å². The number of nitrogens with one attached hydrogen (secondary N) is 1. The highest BCUT2D eigenvalue weighted by atomic mass is 16.3. The van der Waals surface area contributed by atoms with Crippen LogP contribution < -0.4 is 11.1 Å². The first-order valence-corrected chi connectivity index (χ1v) is 7.72. The van der Waals surface area contributed by atoms with Gasteiger partial charge in [-0.2, -0.15) is 0 Å². The largest absolute Gasteiger partial charge is 0.397 e. The van der Waals surface area contributed by atoms with Gasteiger partial charge in [-0.25, -0.2) is 0 Å². The Morgan fingerprint density at radius 2 is 2.00 bits per heavy atom. The number of aliphatic hydroxyl groups excluding tert-OH is 1. The summed E-state index contributed by atoms with van der Waals surface area (Å²) >= 11 is 0. The molecule has 1 aromatic carbocycles. The number of hydrogen-bond donors (Lipinski definition) is 3. The lowest BCUT2D eigenvalue weighted by Gasteiger charge is -2.36. The van der Waals surface area contributed by atoms with E-state index in [-0.39, 0.29) is 12.0 Å². The van der Waals surface area contributed by atoms with Crippen LogP contribution in [0.5, 0.6) is 0 Å². The standard InChI is InChI=1S/C17H23N3O/c18-14-6-7-15(13-5-4-10-19-16(13)14)20-11-17(12-21)8-2-1-3-9-17/h4-7,10,20-21H,1-3,8-9,11-12,18H2. The van der Waals surface area contributed by atoms with Crippen LogP contribution >= 0.6 is 0 Å². The quantitative estimate of drug-likeness (QED) is 0.755. The highest BCUT2D eigenvalue weighted by molar-refractivity contribution is 5.98. The summed E-state index contributed by atoms with van der Waals surface area (Å²) in [5.41, 5.74) is 8.59. The predicted octanol–water partition coefficient (Wildman–Crippen LogP) is 3.17. The highest BCUT2D eigenvalue weighted by Gasteiger charge is 2.31. The average molecular weight is 285 g/mol. The molecule has 4 N–H and O–H groups in total. The number of nitrogens with zero attached hydrogens (tertiary/aromatic N) is 1. The van der Waals surface area contributed by atoms with Gasteiger partial charge in [-0.1, -0.05) is 19.3 Å². The van der Waals surface area contributed by atoms with E-state index in [1.807, 2.05) is 24.3 Å². The first-order chi connectivity index (χ1) is 10.2. The zero-order valence-corrected chi connectivity index (χ0v) is 12.3. The molecule has 1 aliphatic rings. The van der Waals surface area contributed by atoms with E-state index in [4.69, 9.17) is 5.73 Å². The van der Waals surface area contributed by atoms with Crippen LogP contribution in [0.2, 0.25) is 0 Å². The molecule has 1 aliphatic carbocycles. The number of rotatable bonds is 4. The van der Waals surface area contributed by atoms with Gasteiger partial charge in [-0.15, -0.1) is 0 Å². The Balaban J connectivity index is 1.83. The fraction of sp³-hybridized carbons (Fsp3) is 0.471. The Labute approximate surface area is 125 Å². The highest BCUT2D eigenvalue weighted by Crippen LogP contribution is 2.36. The molecular formula is C17H23N3O. The molecule has 4 heteroatoms. The Morgan fingerprint density at radius 3 is 2.76 bits per heavy atom. The lowest BCUT2D eigenvalue weighted by Crippen LogP contribution is -2.35. The first kappa shape index (κ1) is 14.1. The molecule has 0 radical (unpaired) electrons. The summed E-state index contributed by atoms with van der Waals surface area (Å²) < 4.78 is 0. The van der Waals surface area contributed by atoms with Crippen LogP contribution in [0.25, 0.3) is 10.9 Å². The van der Waals surface area contributed by atoms with E-state index in [1.54, 1.807) is 6.20 Å². The van der Waals surface area contributed by atoms with E-state index in [0.29, 0.717) is 5.69 Å². The maximum Gasteiger partial charge on any atom is 0.0951 e. The molecule has 0 bridgehead atoms. The van der Waals surface area contributed by atoms with Crippen LogP contribution in [0.3, 0.4) is 0 Å². The van der Waals surface area contributed by atoms with Gasteiger partial charge in [0.05, 0.1) is 17.8 Å². The molecule has 0 saturated heterocycles. The maximum atomic E-state index is 9.80. The molecule has 0 amide bonds. The van der Waals surface area contributed by atoms with Gasteiger partial charge in [-0.3, -0.25) is 4.98 Å². The summed E-state index contributed by atoms with van der Waals surface area (Å²) in [7, 11) is 0. The number of pyridine rings is 1. The molecule has 112 valence electrons. The molecule has 3 rings (SSSR count). The van der Waals surface area contributed by atoms with Gasteiger partial charge in [0, 0.05) is 29.2 Å². The molecule has 0 unspecified atom stereocenters. The van der Waals surface area contributed by atoms with E-state index in [1.165, 1.54) is 19.3 Å².